The summed E-state index contributed by atoms with van der Waals surface area (Å²) >= 11 is 0. The maximum Gasteiger partial charge on any atom is 0.472 e. The van der Waals surface area contributed by atoms with Gasteiger partial charge < -0.3 is 33.8 Å². The Balaban J connectivity index is 5.46. The van der Waals surface area contributed by atoms with Crippen molar-refractivity contribution in [2.45, 2.75) is 303 Å². The van der Waals surface area contributed by atoms with Crippen molar-refractivity contribution in [3.05, 3.63) is 134 Å². The van der Waals surface area contributed by atoms with Crippen molar-refractivity contribution in [2.24, 2.45) is 0 Å². The van der Waals surface area contributed by atoms with Crippen LogP contribution < -0.4 is 0 Å². The van der Waals surface area contributed by atoms with Crippen LogP contribution in [0.2, 0.25) is 0 Å². The van der Waals surface area contributed by atoms with Crippen molar-refractivity contribution >= 4 is 39.5 Å². The van der Waals surface area contributed by atoms with E-state index in [-0.39, 0.29) is 25.7 Å². The van der Waals surface area contributed by atoms with Crippen LogP contribution in [-0.2, 0) is 65.4 Å². The van der Waals surface area contributed by atoms with Gasteiger partial charge in [0.1, 0.15) is 19.3 Å². The molecule has 0 saturated carbocycles. The van der Waals surface area contributed by atoms with Gasteiger partial charge in [-0.1, -0.05) is 251 Å². The summed E-state index contributed by atoms with van der Waals surface area (Å²) in [6.07, 6.45) is 77.7. The molecular weight excluding hydrogens is 1280 g/mol. The van der Waals surface area contributed by atoms with Crippen molar-refractivity contribution in [1.82, 2.24) is 0 Å². The molecule has 19 heteroatoms. The summed E-state index contributed by atoms with van der Waals surface area (Å²) in [5, 5.41) is 10.6. The van der Waals surface area contributed by atoms with E-state index in [2.05, 4.69) is 131 Å². The number of hydrogen-bond acceptors (Lipinski definition) is 15. The van der Waals surface area contributed by atoms with E-state index >= 15 is 0 Å². The molecule has 5 unspecified atom stereocenters. The number of phosphoric ester groups is 2. The Bertz CT molecular complexity index is 2380. The van der Waals surface area contributed by atoms with E-state index in [0.29, 0.717) is 32.1 Å². The largest absolute Gasteiger partial charge is 0.472 e. The van der Waals surface area contributed by atoms with Crippen LogP contribution in [0.25, 0.3) is 0 Å². The fourth-order valence-electron chi connectivity index (χ4n) is 9.45. The van der Waals surface area contributed by atoms with Gasteiger partial charge in [-0.25, -0.2) is 9.13 Å². The Morgan fingerprint density at radius 2 is 0.571 bits per heavy atom. The number of allylic oxidation sites excluding steroid dienone is 21. The van der Waals surface area contributed by atoms with Crippen molar-refractivity contribution in [1.29, 1.82) is 0 Å². The summed E-state index contributed by atoms with van der Waals surface area (Å²) in [6.45, 7) is 4.43. The molecule has 0 aromatic heterocycles. The minimum Gasteiger partial charge on any atom is -0.462 e. The number of phosphoric acid groups is 2. The molecule has 0 aliphatic rings. The lowest BCUT2D eigenvalue weighted by Crippen LogP contribution is -2.30. The predicted molar refractivity (Wildman–Crippen MR) is 399 cm³/mol. The van der Waals surface area contributed by atoms with E-state index in [9.17, 15) is 43.2 Å². The molecule has 17 nitrogen and oxygen atoms in total. The summed E-state index contributed by atoms with van der Waals surface area (Å²) in [6, 6.07) is 0. The van der Waals surface area contributed by atoms with Gasteiger partial charge in [0.05, 0.1) is 32.8 Å². The zero-order valence-corrected chi connectivity index (χ0v) is 62.7. The third kappa shape index (κ3) is 69.7. The molecule has 0 fully saturated rings. The van der Waals surface area contributed by atoms with Crippen molar-refractivity contribution < 1.29 is 80.2 Å². The highest BCUT2D eigenvalue weighted by molar-refractivity contribution is 7.47. The Morgan fingerprint density at radius 3 is 0.949 bits per heavy atom. The molecule has 5 atom stereocenters. The molecular formula is C79H132O17P2. The normalized spacial score (nSPS) is 14.7. The van der Waals surface area contributed by atoms with Crippen LogP contribution in [0.4, 0.5) is 0 Å². The fraction of sp³-hybridized carbons (Fsp3) is 0.671. The molecule has 560 valence electrons. The van der Waals surface area contributed by atoms with Crippen LogP contribution in [0.3, 0.4) is 0 Å². The first-order chi connectivity index (χ1) is 47.7. The molecule has 98 heavy (non-hydrogen) atoms. The van der Waals surface area contributed by atoms with Crippen LogP contribution in [0.5, 0.6) is 0 Å². The highest BCUT2D eigenvalue weighted by Gasteiger charge is 2.30. The molecule has 0 radical (unpaired) electrons. The van der Waals surface area contributed by atoms with Gasteiger partial charge in [0.25, 0.3) is 0 Å². The number of ether oxygens (including phenoxy) is 4. The quantitative estimate of drug-likeness (QED) is 0.0169. The molecule has 3 N–H and O–H groups in total. The highest BCUT2D eigenvalue weighted by atomic mass is 31.2. The maximum atomic E-state index is 13.1. The minimum absolute atomic E-state index is 0.0194. The molecule has 0 rings (SSSR count). The number of esters is 4. The molecule has 0 amide bonds. The molecule has 0 saturated heterocycles. The van der Waals surface area contributed by atoms with Crippen LogP contribution >= 0.6 is 15.6 Å². The lowest BCUT2D eigenvalue weighted by atomic mass is 10.1. The van der Waals surface area contributed by atoms with Crippen LogP contribution in [0.15, 0.2) is 134 Å². The standard InChI is InChI=1S/C79H132O17P2/c1-5-9-13-17-21-25-29-33-36-40-43-47-51-55-59-63-76(81)89-69-74(95-78(83)65-61-57-53-49-45-39-32-28-24-20-16-12-8-4)71-93-97(85,86)91-67-73(80)68-92-98(87,88)94-72-75(96-79(84)66-62-58-54-50-46-42-38-35-31-27-23-19-15-11-7-3)70-90-77(82)64-60-56-52-48-44-41-37-34-30-26-22-18-14-10-6-2/h10-11,14-15,22-23,26-28,32-38,44,46,48,50,56,60,73-75,80H,5-9,12-13,16-21,24-25,29-31,39-43,45,47,49,51-55,57-59,61-72H2,1-4H3,(H,85,86)(H,87,88)/b14-10-,15-11-,26-22-,27-23-,32-28-,36-33-,37-34-,38-35-,48-44-,50-46-,60-56-. The maximum absolute atomic E-state index is 13.1. The third-order valence-electron chi connectivity index (χ3n) is 15.1. The van der Waals surface area contributed by atoms with Crippen LogP contribution in [0.1, 0.15) is 285 Å². The summed E-state index contributed by atoms with van der Waals surface area (Å²) in [5.41, 5.74) is 0. The van der Waals surface area contributed by atoms with E-state index in [1.165, 1.54) is 64.2 Å². The predicted octanol–water partition coefficient (Wildman–Crippen LogP) is 21.3. The molecule has 0 heterocycles. The van der Waals surface area contributed by atoms with Gasteiger partial charge in [0.15, 0.2) is 12.2 Å². The van der Waals surface area contributed by atoms with Gasteiger partial charge in [0.2, 0.25) is 0 Å². The van der Waals surface area contributed by atoms with E-state index in [4.69, 9.17) is 37.0 Å². The number of aliphatic hydroxyl groups is 1. The molecule has 0 aliphatic carbocycles. The van der Waals surface area contributed by atoms with Gasteiger partial charge >= 0.3 is 39.5 Å². The van der Waals surface area contributed by atoms with Crippen LogP contribution in [-0.4, -0.2) is 96.7 Å². The average Bonchev–Trinajstić information content (AvgIpc) is 1.04. The summed E-state index contributed by atoms with van der Waals surface area (Å²) in [7, 11) is -9.99. The lowest BCUT2D eigenvalue weighted by molar-refractivity contribution is -0.161. The number of rotatable bonds is 69. The Labute approximate surface area is 593 Å². The number of carbonyl (C=O) groups excluding carboxylic acids is 4. The monoisotopic (exact) mass is 1410 g/mol. The van der Waals surface area contributed by atoms with E-state index in [1.807, 2.05) is 24.3 Å². The van der Waals surface area contributed by atoms with Gasteiger partial charge in [-0.05, 0) is 141 Å². The molecule has 0 spiro atoms. The second kappa shape index (κ2) is 70.6. The Morgan fingerprint density at radius 1 is 0.306 bits per heavy atom. The van der Waals surface area contributed by atoms with Crippen molar-refractivity contribution in [2.75, 3.05) is 39.6 Å². The van der Waals surface area contributed by atoms with E-state index in [1.54, 1.807) is 6.08 Å². The Kier molecular flexibility index (Phi) is 67.2. The number of carbonyl (C=O) groups is 4. The summed E-state index contributed by atoms with van der Waals surface area (Å²) in [4.78, 5) is 72.7. The topological polar surface area (TPSA) is 237 Å². The van der Waals surface area contributed by atoms with E-state index < -0.39 is 97.5 Å². The molecule has 0 aromatic rings. The van der Waals surface area contributed by atoms with Gasteiger partial charge in [-0.15, -0.1) is 0 Å². The number of unbranched alkanes of at least 4 members (excludes halogenated alkanes) is 22. The molecule has 0 aromatic carbocycles. The zero-order chi connectivity index (χ0) is 71.8. The van der Waals surface area contributed by atoms with E-state index in [0.717, 1.165) is 135 Å². The fourth-order valence-corrected chi connectivity index (χ4v) is 11.0. The minimum atomic E-state index is -5.01. The Hall–Kier alpha value is -4.80. The molecule has 0 aliphatic heterocycles. The first-order valence-corrected chi connectivity index (χ1v) is 40.4. The second-order valence-electron chi connectivity index (χ2n) is 24.5. The van der Waals surface area contributed by atoms with Gasteiger partial charge in [0, 0.05) is 19.3 Å². The lowest BCUT2D eigenvalue weighted by Gasteiger charge is -2.21. The highest BCUT2D eigenvalue weighted by Crippen LogP contribution is 2.45. The smallest absolute Gasteiger partial charge is 0.462 e. The van der Waals surface area contributed by atoms with Gasteiger partial charge in [-0.3, -0.25) is 37.3 Å². The summed E-state index contributed by atoms with van der Waals surface area (Å²) in [5.74, 6) is -2.39. The number of hydrogen-bond donors (Lipinski definition) is 3. The zero-order valence-electron chi connectivity index (χ0n) is 60.9. The average molecular weight is 1420 g/mol. The van der Waals surface area contributed by atoms with Gasteiger partial charge in [-0.2, -0.15) is 0 Å². The van der Waals surface area contributed by atoms with Crippen LogP contribution in [0, 0.1) is 0 Å². The summed E-state index contributed by atoms with van der Waals surface area (Å²) < 4.78 is 68.2. The number of aliphatic hydroxyl groups excluding tert-OH is 1. The first-order valence-electron chi connectivity index (χ1n) is 37.4. The van der Waals surface area contributed by atoms with Crippen molar-refractivity contribution in [3.63, 3.8) is 0 Å². The van der Waals surface area contributed by atoms with Crippen molar-refractivity contribution in [3.8, 4) is 0 Å². The first kappa shape index (κ1) is 93.2. The molecule has 0 bridgehead atoms. The SMILES string of the molecule is CC/C=C\C/C=C\C/C=C\C/C=C\C/C=C\CC(=O)OCC(COP(=O)(O)OCC(O)COP(=O)(O)OCC(COC(=O)CCCCCCC/C=C\CCCCCCCC)OC(=O)CCCCCCC/C=C\CCCCCC)OC(=O)CCCC/C=C\C/C=C\C/C=C\C/C=C\CC. The third-order valence-corrected chi connectivity index (χ3v) is 17.0. The second-order valence-corrected chi connectivity index (χ2v) is 27.4.